The fourth-order valence-corrected chi connectivity index (χ4v) is 2.66. The van der Waals surface area contributed by atoms with Crippen LogP contribution in [0.2, 0.25) is 0 Å². The third-order valence-electron chi connectivity index (χ3n) is 1.89. The van der Waals surface area contributed by atoms with Crippen LogP contribution in [0, 0.1) is 5.13 Å². The number of hydrogen-bond acceptors (Lipinski definition) is 4. The molecule has 90 valence electrons. The molecule has 0 saturated heterocycles. The number of hydrogen-bond donors (Lipinski definition) is 1. The zero-order valence-electron chi connectivity index (χ0n) is 8.60. The molecule has 2 heterocycles. The van der Waals surface area contributed by atoms with Gasteiger partial charge >= 0.3 is 5.97 Å². The van der Waals surface area contributed by atoms with Gasteiger partial charge in [0.15, 0.2) is 10.8 Å². The summed E-state index contributed by atoms with van der Waals surface area (Å²) >= 11 is -0.882. The minimum Gasteiger partial charge on any atom is -0.464 e. The average molecular weight is 274 g/mol. The Morgan fingerprint density at radius 2 is 2.35 bits per heavy atom. The van der Waals surface area contributed by atoms with E-state index in [1.807, 2.05) is 0 Å². The van der Waals surface area contributed by atoms with Gasteiger partial charge in [-0.15, -0.1) is 11.3 Å². The summed E-state index contributed by atoms with van der Waals surface area (Å²) in [6, 6.07) is 2.81. The summed E-state index contributed by atoms with van der Waals surface area (Å²) in [7, 11) is 1.20. The maximum Gasteiger partial charge on any atom is 0.357 e. The third kappa shape index (κ3) is 2.59. The van der Waals surface area contributed by atoms with Crippen molar-refractivity contribution in [3.05, 3.63) is 28.2 Å². The van der Waals surface area contributed by atoms with Gasteiger partial charge in [-0.3, -0.25) is 4.72 Å². The van der Waals surface area contributed by atoms with Gasteiger partial charge < -0.3 is 4.74 Å². The number of esters is 1. The molecule has 5 nitrogen and oxygen atoms in total. The Bertz CT molecular complexity index is 550. The monoisotopic (exact) mass is 274 g/mol. The molecule has 1 atom stereocenters. The van der Waals surface area contributed by atoms with Gasteiger partial charge in [-0.25, -0.2) is 9.00 Å². The molecule has 0 radical (unpaired) electrons. The Balaban J connectivity index is 2.36. The Hall–Kier alpha value is -1.54. The quantitative estimate of drug-likeness (QED) is 0.819. The molecule has 0 bridgehead atoms. The molecule has 1 aliphatic heterocycles. The summed E-state index contributed by atoms with van der Waals surface area (Å²) in [6.07, 6.45) is 1.37. The van der Waals surface area contributed by atoms with E-state index in [0.29, 0.717) is 10.6 Å². The number of halogens is 1. The summed E-state index contributed by atoms with van der Waals surface area (Å²) in [5.74, 6) is -0.686. The number of nitrogens with zero attached hydrogens (tertiary/aromatic N) is 1. The van der Waals surface area contributed by atoms with Crippen LogP contribution in [0.5, 0.6) is 0 Å². The number of thiophene rings is 1. The largest absolute Gasteiger partial charge is 0.464 e. The molecule has 0 aromatic carbocycles. The second kappa shape index (κ2) is 4.76. The van der Waals surface area contributed by atoms with Gasteiger partial charge in [-0.1, -0.05) is 0 Å². The van der Waals surface area contributed by atoms with Crippen molar-refractivity contribution in [3.63, 3.8) is 0 Å². The van der Waals surface area contributed by atoms with Crippen molar-refractivity contribution in [2.45, 2.75) is 0 Å². The molecular formula is C9H7FN2O3S2. The first-order chi connectivity index (χ1) is 8.10. The van der Waals surface area contributed by atoms with Gasteiger partial charge in [-0.2, -0.15) is 8.79 Å². The van der Waals surface area contributed by atoms with Crippen molar-refractivity contribution < 1.29 is 18.1 Å². The predicted molar refractivity (Wildman–Crippen MR) is 63.0 cm³/mol. The number of ether oxygens (including phenoxy) is 1. The van der Waals surface area contributed by atoms with Crippen molar-refractivity contribution in [2.75, 3.05) is 7.11 Å². The molecule has 1 N–H and O–H groups in total. The minimum atomic E-state index is -1.76. The van der Waals surface area contributed by atoms with Crippen molar-refractivity contribution >= 4 is 39.9 Å². The van der Waals surface area contributed by atoms with E-state index in [1.165, 1.54) is 25.3 Å². The van der Waals surface area contributed by atoms with Crippen LogP contribution in [0.1, 0.15) is 4.88 Å². The number of methoxy groups -OCH3 is 1. The topological polar surface area (TPSA) is 67.8 Å². The number of carbonyl (C=O) groups excluding carboxylic acids is 1. The summed E-state index contributed by atoms with van der Waals surface area (Å²) in [6.45, 7) is 0. The van der Waals surface area contributed by atoms with Crippen LogP contribution < -0.4 is 4.72 Å². The molecule has 1 aliphatic rings. The first-order valence-electron chi connectivity index (χ1n) is 4.43. The summed E-state index contributed by atoms with van der Waals surface area (Å²) in [4.78, 5) is 11.8. The van der Waals surface area contributed by atoms with Crippen LogP contribution in [-0.2, 0) is 20.7 Å². The van der Waals surface area contributed by atoms with Crippen LogP contribution in [-0.4, -0.2) is 23.0 Å². The van der Waals surface area contributed by atoms with E-state index in [1.54, 1.807) is 0 Å². The maximum atomic E-state index is 12.9. The van der Waals surface area contributed by atoms with Crippen molar-refractivity contribution in [2.24, 2.45) is 4.40 Å². The second-order valence-corrected chi connectivity index (χ2v) is 4.90. The third-order valence-corrected chi connectivity index (χ3v) is 3.56. The van der Waals surface area contributed by atoms with Crippen LogP contribution >= 0.6 is 11.3 Å². The summed E-state index contributed by atoms with van der Waals surface area (Å²) in [5, 5.41) is -0.365. The van der Waals surface area contributed by atoms with Crippen molar-refractivity contribution in [1.82, 2.24) is 4.72 Å². The number of carbonyl (C=O) groups is 1. The lowest BCUT2D eigenvalue weighted by Gasteiger charge is -2.11. The van der Waals surface area contributed by atoms with Gasteiger partial charge in [-0.05, 0) is 18.2 Å². The van der Waals surface area contributed by atoms with E-state index in [9.17, 15) is 13.4 Å². The maximum absolute atomic E-state index is 12.9. The lowest BCUT2D eigenvalue weighted by molar-refractivity contribution is -0.132. The van der Waals surface area contributed by atoms with Crippen LogP contribution in [0.3, 0.4) is 0 Å². The van der Waals surface area contributed by atoms with Crippen LogP contribution in [0.25, 0.3) is 5.70 Å². The van der Waals surface area contributed by atoms with Crippen molar-refractivity contribution in [1.29, 1.82) is 0 Å². The molecule has 0 amide bonds. The smallest absolute Gasteiger partial charge is 0.357 e. The summed E-state index contributed by atoms with van der Waals surface area (Å²) < 4.78 is 34.8. The Kier molecular flexibility index (Phi) is 3.34. The Morgan fingerprint density at radius 3 is 2.94 bits per heavy atom. The lowest BCUT2D eigenvalue weighted by atomic mass is 10.2. The molecule has 1 aromatic rings. The molecule has 1 aromatic heterocycles. The first kappa shape index (κ1) is 11.9. The zero-order chi connectivity index (χ0) is 12.4. The molecule has 8 heteroatoms. The van der Waals surface area contributed by atoms with E-state index >= 15 is 0 Å². The molecule has 1 unspecified atom stereocenters. The molecule has 0 spiro atoms. The minimum absolute atomic E-state index is 0.0617. The van der Waals surface area contributed by atoms with E-state index in [4.69, 9.17) is 0 Å². The normalized spacial score (nSPS) is 19.1. The highest BCUT2D eigenvalue weighted by Crippen LogP contribution is 2.23. The fourth-order valence-electron chi connectivity index (χ4n) is 1.18. The van der Waals surface area contributed by atoms with E-state index < -0.39 is 17.1 Å². The fraction of sp³-hybridized carbons (Fsp3) is 0.111. The van der Waals surface area contributed by atoms with E-state index in [-0.39, 0.29) is 10.8 Å². The van der Waals surface area contributed by atoms with Gasteiger partial charge in [0.1, 0.15) is 0 Å². The molecule has 0 aliphatic carbocycles. The SMILES string of the molecule is COC(=O)C1=NS(=O)NC(c2ccc(F)s2)=C1. The Labute approximate surface area is 103 Å². The first-order valence-corrected chi connectivity index (χ1v) is 6.35. The highest BCUT2D eigenvalue weighted by molar-refractivity contribution is 7.82. The molecule has 0 fully saturated rings. The highest BCUT2D eigenvalue weighted by atomic mass is 32.2. The van der Waals surface area contributed by atoms with Crippen LogP contribution in [0.4, 0.5) is 4.39 Å². The van der Waals surface area contributed by atoms with E-state index in [0.717, 1.165) is 11.3 Å². The van der Waals surface area contributed by atoms with Crippen LogP contribution in [0.15, 0.2) is 22.6 Å². The predicted octanol–water partition coefficient (Wildman–Crippen LogP) is 1.02. The lowest BCUT2D eigenvalue weighted by Crippen LogP contribution is -2.25. The second-order valence-electron chi connectivity index (χ2n) is 2.98. The van der Waals surface area contributed by atoms with Gasteiger partial charge in [0.05, 0.1) is 17.7 Å². The van der Waals surface area contributed by atoms with Crippen molar-refractivity contribution in [3.8, 4) is 0 Å². The number of rotatable bonds is 2. The molecule has 17 heavy (non-hydrogen) atoms. The van der Waals surface area contributed by atoms with E-state index in [2.05, 4.69) is 13.9 Å². The van der Waals surface area contributed by atoms with Gasteiger partial charge in [0.2, 0.25) is 11.2 Å². The molecule has 2 rings (SSSR count). The average Bonchev–Trinajstić information content (AvgIpc) is 2.74. The Morgan fingerprint density at radius 1 is 1.59 bits per heavy atom. The standard InChI is InChI=1S/C9H7FN2O3S2/c1-15-9(13)6-4-5(11-17(14)12-6)7-2-3-8(10)16-7/h2-4,11H,1H3. The summed E-state index contributed by atoms with van der Waals surface area (Å²) in [5.41, 5.74) is 0.320. The number of nitrogens with one attached hydrogen (secondary N) is 1. The zero-order valence-corrected chi connectivity index (χ0v) is 10.2. The highest BCUT2D eigenvalue weighted by Gasteiger charge is 2.20. The van der Waals surface area contributed by atoms with Gasteiger partial charge in [0.25, 0.3) is 0 Å². The molecule has 0 saturated carbocycles. The van der Waals surface area contributed by atoms with Gasteiger partial charge in [0, 0.05) is 0 Å². The molecular weight excluding hydrogens is 267 g/mol.